The molecular weight excluding hydrogens is 242 g/mol. The highest BCUT2D eigenvalue weighted by Crippen LogP contribution is 2.41. The Bertz CT molecular complexity index is 609. The number of aromatic amines is 1. The molecule has 1 aliphatic carbocycles. The predicted molar refractivity (Wildman–Crippen MR) is 63.7 cm³/mol. The van der Waals surface area contributed by atoms with Crippen LogP contribution >= 0.6 is 0 Å². The van der Waals surface area contributed by atoms with E-state index in [1.807, 2.05) is 0 Å². The third-order valence-electron chi connectivity index (χ3n) is 3.54. The highest BCUT2D eigenvalue weighted by molar-refractivity contribution is 7.91. The number of rotatable bonds is 2. The Morgan fingerprint density at radius 2 is 2.00 bits per heavy atom. The Hall–Kier alpha value is -1.24. The molecule has 2 fully saturated rings. The van der Waals surface area contributed by atoms with Crippen LogP contribution in [0.2, 0.25) is 0 Å². The summed E-state index contributed by atoms with van der Waals surface area (Å²) >= 11 is 0. The van der Waals surface area contributed by atoms with Crippen LogP contribution in [0.4, 0.5) is 5.69 Å². The summed E-state index contributed by atoms with van der Waals surface area (Å²) in [6, 6.07) is -0.276. The Labute approximate surface area is 98.7 Å². The first-order valence-corrected chi connectivity index (χ1v) is 7.60. The van der Waals surface area contributed by atoms with Crippen molar-refractivity contribution in [2.45, 2.75) is 31.2 Å². The van der Waals surface area contributed by atoms with E-state index in [2.05, 4.69) is 5.10 Å². The van der Waals surface area contributed by atoms with Crippen molar-refractivity contribution >= 4 is 15.5 Å². The summed E-state index contributed by atoms with van der Waals surface area (Å²) in [5, 5.41) is 3.01. The second kappa shape index (κ2) is 3.38. The predicted octanol–water partition coefficient (Wildman–Crippen LogP) is -0.00440. The Kier molecular flexibility index (Phi) is 2.16. The summed E-state index contributed by atoms with van der Waals surface area (Å²) in [4.78, 5) is 11.9. The molecule has 0 bridgehead atoms. The first-order valence-electron chi connectivity index (χ1n) is 5.78. The molecule has 0 aromatic carbocycles. The van der Waals surface area contributed by atoms with Gasteiger partial charge in [0.2, 0.25) is 0 Å². The molecular formula is C10H15N3O3S. The molecule has 0 amide bonds. The zero-order valence-corrected chi connectivity index (χ0v) is 10.2. The molecule has 3 rings (SSSR count). The van der Waals surface area contributed by atoms with Gasteiger partial charge in [-0.3, -0.25) is 9.89 Å². The van der Waals surface area contributed by atoms with E-state index in [4.69, 9.17) is 5.73 Å². The van der Waals surface area contributed by atoms with Gasteiger partial charge in [-0.2, -0.15) is 0 Å². The molecule has 1 saturated carbocycles. The number of hydrogen-bond acceptors (Lipinski definition) is 4. The molecule has 0 radical (unpaired) electrons. The van der Waals surface area contributed by atoms with Gasteiger partial charge >= 0.3 is 0 Å². The topological polar surface area (TPSA) is 97.9 Å². The van der Waals surface area contributed by atoms with Crippen molar-refractivity contribution in [1.29, 1.82) is 0 Å². The van der Waals surface area contributed by atoms with Crippen LogP contribution in [-0.4, -0.2) is 29.7 Å². The number of nitrogens with one attached hydrogen (secondary N) is 1. The van der Waals surface area contributed by atoms with E-state index in [9.17, 15) is 13.2 Å². The van der Waals surface area contributed by atoms with Gasteiger partial charge in [0.15, 0.2) is 9.84 Å². The lowest BCUT2D eigenvalue weighted by Crippen LogP contribution is -2.24. The maximum atomic E-state index is 11.9. The summed E-state index contributed by atoms with van der Waals surface area (Å²) in [6.45, 7) is 0. The van der Waals surface area contributed by atoms with E-state index >= 15 is 0 Å². The van der Waals surface area contributed by atoms with Crippen LogP contribution in [0.25, 0.3) is 0 Å². The Morgan fingerprint density at radius 1 is 1.29 bits per heavy atom. The van der Waals surface area contributed by atoms with Gasteiger partial charge in [0.1, 0.15) is 5.69 Å². The normalized spacial score (nSPS) is 27.4. The number of nitrogen functional groups attached to an aromatic ring is 1. The van der Waals surface area contributed by atoms with Gasteiger partial charge in [-0.05, 0) is 19.3 Å². The van der Waals surface area contributed by atoms with Gasteiger partial charge in [-0.15, -0.1) is 0 Å². The van der Waals surface area contributed by atoms with Gasteiger partial charge in [0, 0.05) is 5.92 Å². The van der Waals surface area contributed by atoms with Gasteiger partial charge in [0.25, 0.3) is 5.56 Å². The molecule has 7 heteroatoms. The van der Waals surface area contributed by atoms with E-state index in [1.54, 1.807) is 0 Å². The summed E-state index contributed by atoms with van der Waals surface area (Å²) < 4.78 is 24.2. The molecule has 6 nitrogen and oxygen atoms in total. The van der Waals surface area contributed by atoms with Crippen LogP contribution in [0.15, 0.2) is 4.79 Å². The minimum absolute atomic E-state index is 0.0387. The minimum Gasteiger partial charge on any atom is -0.393 e. The fraction of sp³-hybridized carbons (Fsp3) is 0.700. The second-order valence-corrected chi connectivity index (χ2v) is 7.17. The van der Waals surface area contributed by atoms with E-state index < -0.39 is 9.84 Å². The van der Waals surface area contributed by atoms with Gasteiger partial charge in [-0.1, -0.05) is 0 Å². The fourth-order valence-corrected chi connectivity index (χ4v) is 4.10. The number of H-pyrrole nitrogens is 1. The number of sulfone groups is 1. The van der Waals surface area contributed by atoms with Crippen molar-refractivity contribution in [2.75, 3.05) is 17.2 Å². The van der Waals surface area contributed by atoms with Crippen LogP contribution in [0.5, 0.6) is 0 Å². The third kappa shape index (κ3) is 1.78. The number of aromatic nitrogens is 2. The first kappa shape index (κ1) is 10.9. The van der Waals surface area contributed by atoms with E-state index in [-0.39, 0.29) is 28.8 Å². The monoisotopic (exact) mass is 257 g/mol. The number of hydrogen-bond donors (Lipinski definition) is 2. The largest absolute Gasteiger partial charge is 0.393 e. The summed E-state index contributed by atoms with van der Waals surface area (Å²) in [5.74, 6) is 0.556. The van der Waals surface area contributed by atoms with Crippen LogP contribution in [0, 0.1) is 0 Å². The molecule has 1 aromatic heterocycles. The third-order valence-corrected chi connectivity index (χ3v) is 5.29. The Balaban J connectivity index is 1.99. The Morgan fingerprint density at radius 3 is 2.53 bits per heavy atom. The van der Waals surface area contributed by atoms with Crippen molar-refractivity contribution in [3.05, 3.63) is 16.0 Å². The average Bonchev–Trinajstić information content (AvgIpc) is 2.97. The maximum Gasteiger partial charge on any atom is 0.290 e. The van der Waals surface area contributed by atoms with Crippen LogP contribution < -0.4 is 11.3 Å². The van der Waals surface area contributed by atoms with Crippen molar-refractivity contribution < 1.29 is 8.42 Å². The molecule has 3 N–H and O–H groups in total. The summed E-state index contributed by atoms with van der Waals surface area (Å²) in [7, 11) is -2.99. The second-order valence-electron chi connectivity index (χ2n) is 4.95. The number of nitrogens with zero attached hydrogens (tertiary/aromatic N) is 1. The SMILES string of the molecule is Nc1c(C2CC2)[nH]n(C2CCS(=O)(=O)C2)c1=O. The van der Waals surface area contributed by atoms with Gasteiger partial charge in [-0.25, -0.2) is 13.1 Å². The zero-order chi connectivity index (χ0) is 12.2. The van der Waals surface area contributed by atoms with Crippen molar-refractivity contribution in [3.8, 4) is 0 Å². The molecule has 1 aromatic rings. The standard InChI is InChI=1S/C10H15N3O3S/c11-8-9(6-1-2-6)12-13(10(8)14)7-3-4-17(15,16)5-7/h6-7,12H,1-5,11H2. The molecule has 1 atom stereocenters. The van der Waals surface area contributed by atoms with Crippen LogP contribution in [0.1, 0.15) is 36.9 Å². The lowest BCUT2D eigenvalue weighted by Gasteiger charge is -2.07. The lowest BCUT2D eigenvalue weighted by atomic mass is 10.2. The fourth-order valence-electron chi connectivity index (χ4n) is 2.41. The van der Waals surface area contributed by atoms with Gasteiger partial charge in [0.05, 0.1) is 23.2 Å². The maximum absolute atomic E-state index is 11.9. The molecule has 94 valence electrons. The summed E-state index contributed by atoms with van der Waals surface area (Å²) in [5.41, 5.74) is 6.55. The van der Waals surface area contributed by atoms with Crippen molar-refractivity contribution in [3.63, 3.8) is 0 Å². The van der Waals surface area contributed by atoms with E-state index in [1.165, 1.54) is 4.68 Å². The lowest BCUT2D eigenvalue weighted by molar-refractivity contribution is 0.482. The van der Waals surface area contributed by atoms with Crippen LogP contribution in [-0.2, 0) is 9.84 Å². The van der Waals surface area contributed by atoms with E-state index in [0.29, 0.717) is 12.3 Å². The average molecular weight is 257 g/mol. The quantitative estimate of drug-likeness (QED) is 0.779. The molecule has 2 aliphatic rings. The molecule has 0 spiro atoms. The molecule has 1 aliphatic heterocycles. The molecule has 2 heterocycles. The molecule has 1 unspecified atom stereocenters. The molecule has 1 saturated heterocycles. The summed E-state index contributed by atoms with van der Waals surface area (Å²) in [6.07, 6.45) is 2.59. The first-order chi connectivity index (χ1) is 7.98. The minimum atomic E-state index is -2.99. The number of anilines is 1. The van der Waals surface area contributed by atoms with Crippen LogP contribution in [0.3, 0.4) is 0 Å². The van der Waals surface area contributed by atoms with Gasteiger partial charge < -0.3 is 5.73 Å². The highest BCUT2D eigenvalue weighted by atomic mass is 32.2. The zero-order valence-electron chi connectivity index (χ0n) is 9.35. The van der Waals surface area contributed by atoms with Crippen molar-refractivity contribution in [1.82, 2.24) is 9.78 Å². The highest BCUT2D eigenvalue weighted by Gasteiger charge is 2.34. The van der Waals surface area contributed by atoms with E-state index in [0.717, 1.165) is 18.5 Å². The smallest absolute Gasteiger partial charge is 0.290 e. The van der Waals surface area contributed by atoms with Crippen molar-refractivity contribution in [2.24, 2.45) is 0 Å². The molecule has 17 heavy (non-hydrogen) atoms. The number of nitrogens with two attached hydrogens (primary N) is 1.